The molecule has 1 aromatic heterocycles. The van der Waals surface area contributed by atoms with Crippen LogP contribution in [0.3, 0.4) is 0 Å². The molecule has 1 amide bonds. The Balaban J connectivity index is 2.09. The SMILES string of the molecule is CNCC(Nc1nc(C)nc2c(C(N)=O)cccc12)c1cccc(Cl)c1. The molecule has 0 aliphatic carbocycles. The molecule has 2 aromatic carbocycles. The number of likely N-dealkylation sites (N-methyl/N-ethyl adjacent to an activating group) is 1. The number of amides is 1. The number of rotatable bonds is 6. The number of carbonyl (C=O) groups is 1. The normalized spacial score (nSPS) is 12.1. The minimum absolute atomic E-state index is 0.0616. The van der Waals surface area contributed by atoms with Crippen LogP contribution in [0.2, 0.25) is 5.02 Å². The molecule has 134 valence electrons. The summed E-state index contributed by atoms with van der Waals surface area (Å²) in [7, 11) is 1.88. The first-order valence-electron chi connectivity index (χ1n) is 8.23. The second kappa shape index (κ2) is 7.68. The summed E-state index contributed by atoms with van der Waals surface area (Å²) in [6.07, 6.45) is 0. The van der Waals surface area contributed by atoms with Crippen molar-refractivity contribution < 1.29 is 4.79 Å². The standard InChI is InChI=1S/C19H20ClN5O/c1-11-23-17-14(18(21)26)7-4-8-15(17)19(24-11)25-16(10-22-2)12-5-3-6-13(20)9-12/h3-9,16,22H,10H2,1-2H3,(H2,21,26)(H,23,24,25). The van der Waals surface area contributed by atoms with Gasteiger partial charge in [-0.25, -0.2) is 9.97 Å². The maximum atomic E-state index is 11.7. The molecule has 26 heavy (non-hydrogen) atoms. The second-order valence-corrected chi connectivity index (χ2v) is 6.43. The zero-order chi connectivity index (χ0) is 18.7. The maximum absolute atomic E-state index is 11.7. The minimum Gasteiger partial charge on any atom is -0.366 e. The summed E-state index contributed by atoms with van der Waals surface area (Å²) in [4.78, 5) is 20.7. The molecule has 0 aliphatic heterocycles. The van der Waals surface area contributed by atoms with Crippen molar-refractivity contribution in [2.45, 2.75) is 13.0 Å². The van der Waals surface area contributed by atoms with Crippen LogP contribution in [0.4, 0.5) is 5.82 Å². The van der Waals surface area contributed by atoms with Gasteiger partial charge in [-0.15, -0.1) is 0 Å². The topological polar surface area (TPSA) is 92.9 Å². The first-order chi connectivity index (χ1) is 12.5. The highest BCUT2D eigenvalue weighted by Gasteiger charge is 2.17. The summed E-state index contributed by atoms with van der Waals surface area (Å²) in [5, 5.41) is 8.04. The fraction of sp³-hybridized carbons (Fsp3) is 0.211. The maximum Gasteiger partial charge on any atom is 0.250 e. The highest BCUT2D eigenvalue weighted by molar-refractivity contribution is 6.30. The van der Waals surface area contributed by atoms with Gasteiger partial charge < -0.3 is 16.4 Å². The third-order valence-corrected chi connectivity index (χ3v) is 4.31. The molecule has 3 rings (SSSR count). The molecule has 0 fully saturated rings. The molecule has 0 aliphatic rings. The van der Waals surface area contributed by atoms with Crippen LogP contribution < -0.4 is 16.4 Å². The Morgan fingerprint density at radius 2 is 2.00 bits per heavy atom. The fourth-order valence-corrected chi connectivity index (χ4v) is 3.12. The molecule has 0 saturated heterocycles. The lowest BCUT2D eigenvalue weighted by molar-refractivity contribution is 0.100. The Kier molecular flexibility index (Phi) is 5.35. The molecule has 1 atom stereocenters. The number of hydrogen-bond acceptors (Lipinski definition) is 5. The van der Waals surface area contributed by atoms with Gasteiger partial charge in [0.1, 0.15) is 11.6 Å². The number of nitrogens with one attached hydrogen (secondary N) is 2. The smallest absolute Gasteiger partial charge is 0.250 e. The Bertz CT molecular complexity index is 960. The molecule has 0 radical (unpaired) electrons. The highest BCUT2D eigenvalue weighted by atomic mass is 35.5. The van der Waals surface area contributed by atoms with Crippen LogP contribution in [0.1, 0.15) is 27.8 Å². The van der Waals surface area contributed by atoms with Crippen LogP contribution in [0.5, 0.6) is 0 Å². The monoisotopic (exact) mass is 369 g/mol. The number of halogens is 1. The number of benzene rings is 2. The van der Waals surface area contributed by atoms with E-state index < -0.39 is 5.91 Å². The van der Waals surface area contributed by atoms with Crippen molar-refractivity contribution in [3.63, 3.8) is 0 Å². The van der Waals surface area contributed by atoms with E-state index in [1.807, 2.05) is 37.4 Å². The number of aromatic nitrogens is 2. The van der Waals surface area contributed by atoms with E-state index in [0.717, 1.165) is 10.9 Å². The highest BCUT2D eigenvalue weighted by Crippen LogP contribution is 2.27. The van der Waals surface area contributed by atoms with Gasteiger partial charge in [-0.05, 0) is 43.8 Å². The van der Waals surface area contributed by atoms with Gasteiger partial charge >= 0.3 is 0 Å². The van der Waals surface area contributed by atoms with Crippen LogP contribution in [-0.4, -0.2) is 29.5 Å². The largest absolute Gasteiger partial charge is 0.366 e. The van der Waals surface area contributed by atoms with Crippen LogP contribution in [0, 0.1) is 6.92 Å². The van der Waals surface area contributed by atoms with E-state index >= 15 is 0 Å². The fourth-order valence-electron chi connectivity index (χ4n) is 2.92. The van der Waals surface area contributed by atoms with E-state index in [1.54, 1.807) is 19.1 Å². The van der Waals surface area contributed by atoms with Gasteiger partial charge in [0.2, 0.25) is 0 Å². The van der Waals surface area contributed by atoms with Crippen molar-refractivity contribution in [1.82, 2.24) is 15.3 Å². The average Bonchev–Trinajstić information content (AvgIpc) is 2.60. The second-order valence-electron chi connectivity index (χ2n) is 6.00. The van der Waals surface area contributed by atoms with Crippen LogP contribution >= 0.6 is 11.6 Å². The third kappa shape index (κ3) is 3.76. The lowest BCUT2D eigenvalue weighted by Crippen LogP contribution is -2.24. The number of hydrogen-bond donors (Lipinski definition) is 3. The lowest BCUT2D eigenvalue weighted by atomic mass is 10.1. The van der Waals surface area contributed by atoms with Crippen molar-refractivity contribution in [3.05, 3.63) is 64.4 Å². The van der Waals surface area contributed by atoms with Crippen molar-refractivity contribution >= 4 is 34.2 Å². The van der Waals surface area contributed by atoms with Crippen molar-refractivity contribution in [2.24, 2.45) is 5.73 Å². The number of carbonyl (C=O) groups excluding carboxylic acids is 1. The molecule has 7 heteroatoms. The molecule has 0 saturated carbocycles. The van der Waals surface area contributed by atoms with Crippen molar-refractivity contribution in [3.8, 4) is 0 Å². The molecule has 1 unspecified atom stereocenters. The average molecular weight is 370 g/mol. The van der Waals surface area contributed by atoms with Gasteiger partial charge in [0.15, 0.2) is 0 Å². The van der Waals surface area contributed by atoms with E-state index in [0.29, 0.717) is 34.3 Å². The number of aryl methyl sites for hydroxylation is 1. The molecule has 1 heterocycles. The van der Waals surface area contributed by atoms with Crippen LogP contribution in [0.25, 0.3) is 10.9 Å². The van der Waals surface area contributed by atoms with Gasteiger partial charge in [-0.1, -0.05) is 29.8 Å². The summed E-state index contributed by atoms with van der Waals surface area (Å²) in [6, 6.07) is 12.9. The minimum atomic E-state index is -0.513. The van der Waals surface area contributed by atoms with Crippen molar-refractivity contribution in [1.29, 1.82) is 0 Å². The number of fused-ring (bicyclic) bond motifs is 1. The molecular weight excluding hydrogens is 350 g/mol. The number of nitrogens with two attached hydrogens (primary N) is 1. The summed E-state index contributed by atoms with van der Waals surface area (Å²) in [5.74, 6) is 0.695. The van der Waals surface area contributed by atoms with Crippen LogP contribution in [0.15, 0.2) is 42.5 Å². The quantitative estimate of drug-likeness (QED) is 0.621. The number of primary amides is 1. The van der Waals surface area contributed by atoms with E-state index in [9.17, 15) is 4.79 Å². The number of para-hydroxylation sites is 1. The van der Waals surface area contributed by atoms with Gasteiger partial charge in [-0.2, -0.15) is 0 Å². The van der Waals surface area contributed by atoms with Crippen LogP contribution in [-0.2, 0) is 0 Å². The van der Waals surface area contributed by atoms with Gasteiger partial charge in [0, 0.05) is 17.0 Å². The van der Waals surface area contributed by atoms with E-state index in [-0.39, 0.29) is 6.04 Å². The number of anilines is 1. The first-order valence-corrected chi connectivity index (χ1v) is 8.61. The molecule has 0 spiro atoms. The van der Waals surface area contributed by atoms with E-state index in [2.05, 4.69) is 20.6 Å². The molecule has 4 N–H and O–H groups in total. The van der Waals surface area contributed by atoms with E-state index in [4.69, 9.17) is 17.3 Å². The summed E-state index contributed by atoms with van der Waals surface area (Å²) < 4.78 is 0. The molecule has 0 bridgehead atoms. The van der Waals surface area contributed by atoms with E-state index in [1.165, 1.54) is 0 Å². The predicted molar refractivity (Wildman–Crippen MR) is 105 cm³/mol. The summed E-state index contributed by atoms with van der Waals surface area (Å²) in [6.45, 7) is 2.45. The summed E-state index contributed by atoms with van der Waals surface area (Å²) in [5.41, 5.74) is 7.45. The lowest BCUT2D eigenvalue weighted by Gasteiger charge is -2.21. The first kappa shape index (κ1) is 18.1. The third-order valence-electron chi connectivity index (χ3n) is 4.07. The van der Waals surface area contributed by atoms with Gasteiger partial charge in [0.05, 0.1) is 17.1 Å². The molecule has 3 aromatic rings. The Labute approximate surface area is 156 Å². The zero-order valence-electron chi connectivity index (χ0n) is 14.6. The molecule has 6 nitrogen and oxygen atoms in total. The zero-order valence-corrected chi connectivity index (χ0v) is 15.3. The Morgan fingerprint density at radius 3 is 2.69 bits per heavy atom. The Hall–Kier alpha value is -2.70. The van der Waals surface area contributed by atoms with Gasteiger partial charge in [0.25, 0.3) is 5.91 Å². The molecular formula is C19H20ClN5O. The summed E-state index contributed by atoms with van der Waals surface area (Å²) >= 11 is 6.14. The predicted octanol–water partition coefficient (Wildman–Crippen LogP) is 3.06. The number of nitrogens with zero attached hydrogens (tertiary/aromatic N) is 2. The van der Waals surface area contributed by atoms with Crippen molar-refractivity contribution in [2.75, 3.05) is 18.9 Å². The Morgan fingerprint density at radius 1 is 1.23 bits per heavy atom. The van der Waals surface area contributed by atoms with Gasteiger partial charge in [-0.3, -0.25) is 4.79 Å².